The third kappa shape index (κ3) is 5.36. The third-order valence-electron chi connectivity index (χ3n) is 6.86. The van der Waals surface area contributed by atoms with Crippen molar-refractivity contribution in [3.8, 4) is 5.69 Å². The molecule has 5 rings (SSSR count). The molecule has 0 unspecified atom stereocenters. The Balaban J connectivity index is 1.57. The van der Waals surface area contributed by atoms with Crippen LogP contribution in [0.5, 0.6) is 0 Å². The Bertz CT molecular complexity index is 1470. The Hall–Kier alpha value is -4.21. The number of methoxy groups -OCH3 is 1. The second-order valence-corrected chi connectivity index (χ2v) is 10.1. The summed E-state index contributed by atoms with van der Waals surface area (Å²) in [5.41, 5.74) is 6.76. The lowest BCUT2D eigenvalue weighted by atomic mass is 10.00. The van der Waals surface area contributed by atoms with Crippen molar-refractivity contribution in [2.45, 2.75) is 19.0 Å². The first-order valence-corrected chi connectivity index (χ1v) is 13.1. The molecule has 1 aliphatic heterocycles. The van der Waals surface area contributed by atoms with Crippen LogP contribution in [0.2, 0.25) is 0 Å². The third-order valence-corrected chi connectivity index (χ3v) is 7.18. The van der Waals surface area contributed by atoms with Gasteiger partial charge in [0.25, 0.3) is 0 Å². The fraction of sp³-hybridized carbons (Fsp3) is 0.233. The molecule has 1 amide bonds. The first-order chi connectivity index (χ1) is 18.9. The van der Waals surface area contributed by atoms with Gasteiger partial charge in [-0.1, -0.05) is 6.07 Å². The minimum absolute atomic E-state index is 0.00165. The van der Waals surface area contributed by atoms with Crippen LogP contribution >= 0.6 is 12.2 Å². The molecule has 39 heavy (non-hydrogen) atoms. The van der Waals surface area contributed by atoms with Gasteiger partial charge in [-0.15, -0.1) is 0 Å². The highest BCUT2D eigenvalue weighted by Gasteiger charge is 2.42. The fourth-order valence-corrected chi connectivity index (χ4v) is 5.32. The Labute approximate surface area is 234 Å². The number of aromatic nitrogens is 2. The van der Waals surface area contributed by atoms with E-state index in [2.05, 4.69) is 72.6 Å². The zero-order chi connectivity index (χ0) is 27.5. The van der Waals surface area contributed by atoms with E-state index in [0.717, 1.165) is 39.7 Å². The largest absolute Gasteiger partial charge is 0.378 e. The van der Waals surface area contributed by atoms with Crippen LogP contribution in [0, 0.1) is 6.92 Å². The summed E-state index contributed by atoms with van der Waals surface area (Å²) in [7, 11) is 5.57. The van der Waals surface area contributed by atoms with Crippen LogP contribution in [0.1, 0.15) is 29.0 Å². The van der Waals surface area contributed by atoms with Crippen LogP contribution in [-0.2, 0) is 9.53 Å². The number of nitrogens with zero attached hydrogens (tertiary/aromatic N) is 4. The second-order valence-electron chi connectivity index (χ2n) is 9.69. The molecule has 1 fully saturated rings. The number of hydrogen-bond donors (Lipinski definition) is 2. The highest BCUT2D eigenvalue weighted by Crippen LogP contribution is 2.43. The van der Waals surface area contributed by atoms with Gasteiger partial charge >= 0.3 is 0 Å². The predicted molar refractivity (Wildman–Crippen MR) is 160 cm³/mol. The van der Waals surface area contributed by atoms with Crippen LogP contribution in [0.4, 0.5) is 17.1 Å². The number of rotatable bonds is 8. The van der Waals surface area contributed by atoms with Crippen LogP contribution in [0.15, 0.2) is 85.2 Å². The summed E-state index contributed by atoms with van der Waals surface area (Å²) in [6.45, 7) is 1.97. The van der Waals surface area contributed by atoms with E-state index in [1.165, 1.54) is 7.11 Å². The number of pyridine rings is 1. The highest BCUT2D eigenvalue weighted by molar-refractivity contribution is 7.80. The molecule has 2 atom stereocenters. The number of nitrogens with one attached hydrogen (secondary N) is 2. The second kappa shape index (κ2) is 11.3. The van der Waals surface area contributed by atoms with Crippen molar-refractivity contribution < 1.29 is 9.53 Å². The van der Waals surface area contributed by atoms with Gasteiger partial charge in [0, 0.05) is 62.0 Å². The van der Waals surface area contributed by atoms with Crippen LogP contribution < -0.4 is 20.4 Å². The molecule has 8 nitrogen and oxygen atoms in total. The van der Waals surface area contributed by atoms with Crippen LogP contribution in [0.25, 0.3) is 5.69 Å². The number of benzene rings is 2. The molecule has 0 aliphatic carbocycles. The summed E-state index contributed by atoms with van der Waals surface area (Å²) >= 11 is 5.92. The number of hydrogen-bond acceptors (Lipinski definition) is 5. The molecule has 1 aliphatic rings. The van der Waals surface area contributed by atoms with Crippen LogP contribution in [0.3, 0.4) is 0 Å². The molecule has 0 radical (unpaired) electrons. The van der Waals surface area contributed by atoms with Gasteiger partial charge < -0.3 is 29.7 Å². The van der Waals surface area contributed by atoms with Crippen molar-refractivity contribution in [1.82, 2.24) is 14.9 Å². The molecule has 0 saturated carbocycles. The maximum absolute atomic E-state index is 12.1. The molecule has 200 valence electrons. The quantitative estimate of drug-likeness (QED) is 0.305. The predicted octanol–water partition coefficient (Wildman–Crippen LogP) is 5.01. The number of thiocarbonyl (C=S) groups is 1. The summed E-state index contributed by atoms with van der Waals surface area (Å²) in [6, 6.07) is 24.2. The van der Waals surface area contributed by atoms with Gasteiger partial charge in [0.05, 0.1) is 11.7 Å². The first kappa shape index (κ1) is 26.4. The number of anilines is 3. The zero-order valence-electron chi connectivity index (χ0n) is 22.5. The van der Waals surface area contributed by atoms with E-state index in [1.54, 1.807) is 6.20 Å². The Kier molecular flexibility index (Phi) is 7.63. The van der Waals surface area contributed by atoms with E-state index in [-0.39, 0.29) is 24.6 Å². The smallest absolute Gasteiger partial charge is 0.250 e. The van der Waals surface area contributed by atoms with Gasteiger partial charge in [-0.2, -0.15) is 0 Å². The van der Waals surface area contributed by atoms with Gasteiger partial charge in [-0.25, -0.2) is 0 Å². The van der Waals surface area contributed by atoms with Crippen molar-refractivity contribution in [2.75, 3.05) is 42.9 Å². The lowest BCUT2D eigenvalue weighted by Crippen LogP contribution is -2.30. The maximum atomic E-state index is 12.1. The number of carbonyl (C=O) groups excluding carboxylic acids is 1. The van der Waals surface area contributed by atoms with E-state index in [1.807, 2.05) is 57.4 Å². The minimum Gasteiger partial charge on any atom is -0.378 e. The molecule has 0 bridgehead atoms. The Morgan fingerprint density at radius 3 is 2.51 bits per heavy atom. The SMILES string of the molecule is COCC(=O)Nc1ccc(N2C(=S)N[C@@H](c3ccccn3)[C@@H]2c2cccn2-c2ccc(N(C)C)cc2)cc1C. The summed E-state index contributed by atoms with van der Waals surface area (Å²) in [5.74, 6) is -0.196. The number of amides is 1. The maximum Gasteiger partial charge on any atom is 0.250 e. The molecule has 1 saturated heterocycles. The summed E-state index contributed by atoms with van der Waals surface area (Å²) in [6.07, 6.45) is 3.88. The summed E-state index contributed by atoms with van der Waals surface area (Å²) < 4.78 is 7.16. The average Bonchev–Trinajstić information content (AvgIpc) is 3.55. The average molecular weight is 541 g/mol. The van der Waals surface area contributed by atoms with E-state index in [0.29, 0.717) is 5.11 Å². The topological polar surface area (TPSA) is 74.7 Å². The van der Waals surface area contributed by atoms with Crippen molar-refractivity contribution in [2.24, 2.45) is 0 Å². The van der Waals surface area contributed by atoms with Crippen LogP contribution in [-0.4, -0.2) is 48.4 Å². The molecule has 0 spiro atoms. The lowest BCUT2D eigenvalue weighted by Gasteiger charge is -2.29. The minimum atomic E-state index is -0.196. The normalized spacial score (nSPS) is 16.7. The monoisotopic (exact) mass is 540 g/mol. The number of aryl methyl sites for hydroxylation is 1. The van der Waals surface area contributed by atoms with E-state index in [9.17, 15) is 4.79 Å². The first-order valence-electron chi connectivity index (χ1n) is 12.7. The molecular weight excluding hydrogens is 508 g/mol. The van der Waals surface area contributed by atoms with E-state index >= 15 is 0 Å². The molecular formula is C30H32N6O2S. The zero-order valence-corrected chi connectivity index (χ0v) is 23.3. The standard InChI is InChI=1S/C30H32N6O2S/c1-20-18-23(14-15-24(20)32-27(37)19-38-4)36-29(28(33-30(36)39)25-8-5-6-16-31-25)26-9-7-17-35(26)22-12-10-21(11-13-22)34(2)3/h5-18,28-29H,19H2,1-4H3,(H,32,37)(H,33,39)/t28-,29-/m0/s1. The van der Waals surface area contributed by atoms with Crippen molar-refractivity contribution in [3.05, 3.63) is 102 Å². The van der Waals surface area contributed by atoms with Crippen molar-refractivity contribution in [3.63, 3.8) is 0 Å². The lowest BCUT2D eigenvalue weighted by molar-refractivity contribution is -0.119. The molecule has 2 N–H and O–H groups in total. The number of ether oxygens (including phenoxy) is 1. The highest BCUT2D eigenvalue weighted by atomic mass is 32.1. The van der Waals surface area contributed by atoms with Gasteiger partial charge in [-0.05, 0) is 91.4 Å². The van der Waals surface area contributed by atoms with Gasteiger partial charge in [0.15, 0.2) is 5.11 Å². The Morgan fingerprint density at radius 1 is 1.08 bits per heavy atom. The van der Waals surface area contributed by atoms with Gasteiger partial charge in [0.1, 0.15) is 12.6 Å². The molecule has 2 aromatic carbocycles. The molecule has 2 aromatic heterocycles. The van der Waals surface area contributed by atoms with E-state index in [4.69, 9.17) is 17.0 Å². The van der Waals surface area contributed by atoms with Gasteiger partial charge in [0.2, 0.25) is 5.91 Å². The van der Waals surface area contributed by atoms with Crippen molar-refractivity contribution >= 4 is 40.3 Å². The number of carbonyl (C=O) groups is 1. The molecule has 3 heterocycles. The molecule has 4 aromatic rings. The van der Waals surface area contributed by atoms with Crippen molar-refractivity contribution in [1.29, 1.82) is 0 Å². The molecule has 9 heteroatoms. The van der Waals surface area contributed by atoms with Gasteiger partial charge in [-0.3, -0.25) is 9.78 Å². The Morgan fingerprint density at radius 2 is 1.85 bits per heavy atom. The fourth-order valence-electron chi connectivity index (χ4n) is 4.97. The van der Waals surface area contributed by atoms with E-state index < -0.39 is 0 Å². The summed E-state index contributed by atoms with van der Waals surface area (Å²) in [4.78, 5) is 21.0. The summed E-state index contributed by atoms with van der Waals surface area (Å²) in [5, 5.41) is 7.05.